The van der Waals surface area contributed by atoms with Crippen LogP contribution in [0.4, 0.5) is 0 Å². The monoisotopic (exact) mass is 244 g/mol. The van der Waals surface area contributed by atoms with Gasteiger partial charge in [0.15, 0.2) is 0 Å². The fourth-order valence-electron chi connectivity index (χ4n) is 0.792. The predicted molar refractivity (Wildman–Crippen MR) is 66.4 cm³/mol. The standard InChI is InChI=1S/C13H24O4/c1-10(2)11(14)15-9-8-13(6,7)17-16-12(3,4)5/h1,8-9H2,2-7H3. The van der Waals surface area contributed by atoms with Crippen LogP contribution >= 0.6 is 0 Å². The molecule has 4 heteroatoms. The molecule has 100 valence electrons. The van der Waals surface area contributed by atoms with E-state index in [-0.39, 0.29) is 18.2 Å². The molecule has 0 spiro atoms. The molecule has 0 fully saturated rings. The first kappa shape index (κ1) is 16.1. The van der Waals surface area contributed by atoms with E-state index in [1.165, 1.54) is 0 Å². The lowest BCUT2D eigenvalue weighted by molar-refractivity contribution is -0.398. The Bertz CT molecular complexity index is 274. The highest BCUT2D eigenvalue weighted by Gasteiger charge is 2.24. The van der Waals surface area contributed by atoms with Gasteiger partial charge in [0, 0.05) is 12.0 Å². The molecule has 0 aliphatic rings. The minimum Gasteiger partial charge on any atom is -0.462 e. The number of carbonyl (C=O) groups excluding carboxylic acids is 1. The Labute approximate surface area is 104 Å². The lowest BCUT2D eigenvalue weighted by Crippen LogP contribution is -2.32. The van der Waals surface area contributed by atoms with E-state index in [1.54, 1.807) is 6.92 Å². The summed E-state index contributed by atoms with van der Waals surface area (Å²) in [5.41, 5.74) is -0.455. The normalized spacial score (nSPS) is 12.4. The number of hydrogen-bond donors (Lipinski definition) is 0. The first-order valence-corrected chi connectivity index (χ1v) is 5.73. The van der Waals surface area contributed by atoms with Crippen LogP contribution in [0.25, 0.3) is 0 Å². The van der Waals surface area contributed by atoms with Crippen LogP contribution < -0.4 is 0 Å². The van der Waals surface area contributed by atoms with E-state index in [0.29, 0.717) is 12.0 Å². The molecule has 0 aliphatic carbocycles. The minimum atomic E-state index is -0.497. The van der Waals surface area contributed by atoms with E-state index in [0.717, 1.165) is 0 Å². The van der Waals surface area contributed by atoms with Gasteiger partial charge in [-0.2, -0.15) is 0 Å². The first-order valence-electron chi connectivity index (χ1n) is 5.73. The summed E-state index contributed by atoms with van der Waals surface area (Å²) >= 11 is 0. The number of esters is 1. The van der Waals surface area contributed by atoms with Gasteiger partial charge in [-0.15, -0.1) is 0 Å². The highest BCUT2D eigenvalue weighted by Crippen LogP contribution is 2.19. The summed E-state index contributed by atoms with van der Waals surface area (Å²) in [6.45, 7) is 14.9. The van der Waals surface area contributed by atoms with Gasteiger partial charge in [0.1, 0.15) is 5.60 Å². The van der Waals surface area contributed by atoms with Crippen molar-refractivity contribution in [3.63, 3.8) is 0 Å². The van der Waals surface area contributed by atoms with Crippen molar-refractivity contribution >= 4 is 5.97 Å². The molecule has 0 aromatic heterocycles. The Morgan fingerprint density at radius 1 is 1.12 bits per heavy atom. The van der Waals surface area contributed by atoms with Crippen molar-refractivity contribution < 1.29 is 19.3 Å². The van der Waals surface area contributed by atoms with E-state index in [1.807, 2.05) is 34.6 Å². The summed E-state index contributed by atoms with van der Waals surface area (Å²) < 4.78 is 5.00. The van der Waals surface area contributed by atoms with E-state index in [9.17, 15) is 4.79 Å². The molecule has 0 bridgehead atoms. The van der Waals surface area contributed by atoms with Crippen LogP contribution in [0.1, 0.15) is 48.0 Å². The second-order valence-electron chi connectivity index (χ2n) is 5.70. The van der Waals surface area contributed by atoms with Gasteiger partial charge in [0.25, 0.3) is 0 Å². The molecular weight excluding hydrogens is 220 g/mol. The maximum Gasteiger partial charge on any atom is 0.333 e. The number of hydrogen-bond acceptors (Lipinski definition) is 4. The van der Waals surface area contributed by atoms with E-state index in [4.69, 9.17) is 14.5 Å². The molecule has 0 N–H and O–H groups in total. The first-order chi connectivity index (χ1) is 7.53. The summed E-state index contributed by atoms with van der Waals surface area (Å²) in [4.78, 5) is 21.7. The summed E-state index contributed by atoms with van der Waals surface area (Å²) in [5, 5.41) is 0. The summed E-state index contributed by atoms with van der Waals surface area (Å²) in [7, 11) is 0. The van der Waals surface area contributed by atoms with Crippen LogP contribution in [0.2, 0.25) is 0 Å². The third kappa shape index (κ3) is 8.89. The topological polar surface area (TPSA) is 44.8 Å². The SMILES string of the molecule is C=C(C)C(=O)OCCC(C)(C)OOC(C)(C)C. The van der Waals surface area contributed by atoms with Crippen LogP contribution in [0.3, 0.4) is 0 Å². The Hall–Kier alpha value is -0.870. The predicted octanol–water partition coefficient (Wildman–Crippen LogP) is 3.02. The van der Waals surface area contributed by atoms with Gasteiger partial charge >= 0.3 is 5.97 Å². The zero-order chi connectivity index (χ0) is 13.7. The zero-order valence-electron chi connectivity index (χ0n) is 11.8. The van der Waals surface area contributed by atoms with Gasteiger partial charge in [-0.1, -0.05) is 6.58 Å². The molecule has 0 saturated carbocycles. The number of ether oxygens (including phenoxy) is 1. The lowest BCUT2D eigenvalue weighted by atomic mass is 10.1. The van der Waals surface area contributed by atoms with Crippen molar-refractivity contribution in [2.24, 2.45) is 0 Å². The molecule has 17 heavy (non-hydrogen) atoms. The van der Waals surface area contributed by atoms with Crippen molar-refractivity contribution in [3.8, 4) is 0 Å². The van der Waals surface area contributed by atoms with Crippen LogP contribution in [-0.2, 0) is 19.3 Å². The van der Waals surface area contributed by atoms with Crippen LogP contribution in [0.5, 0.6) is 0 Å². The smallest absolute Gasteiger partial charge is 0.333 e. The quantitative estimate of drug-likeness (QED) is 0.312. The van der Waals surface area contributed by atoms with Gasteiger partial charge in [-0.05, 0) is 41.5 Å². The van der Waals surface area contributed by atoms with Crippen molar-refractivity contribution in [2.45, 2.75) is 59.2 Å². The second-order valence-corrected chi connectivity index (χ2v) is 5.70. The van der Waals surface area contributed by atoms with Crippen molar-refractivity contribution in [3.05, 3.63) is 12.2 Å². The van der Waals surface area contributed by atoms with Gasteiger partial charge in [0.2, 0.25) is 0 Å². The molecular formula is C13H24O4. The summed E-state index contributed by atoms with van der Waals surface area (Å²) in [6, 6.07) is 0. The fraction of sp³-hybridized carbons (Fsp3) is 0.769. The average molecular weight is 244 g/mol. The maximum atomic E-state index is 11.2. The third-order valence-corrected chi connectivity index (χ3v) is 1.80. The minimum absolute atomic E-state index is 0.284. The molecule has 0 rings (SSSR count). The Morgan fingerprint density at radius 3 is 2.06 bits per heavy atom. The molecule has 4 nitrogen and oxygen atoms in total. The maximum absolute atomic E-state index is 11.2. The van der Waals surface area contributed by atoms with Crippen molar-refractivity contribution in [1.29, 1.82) is 0 Å². The van der Waals surface area contributed by atoms with Gasteiger partial charge in [-0.25, -0.2) is 14.6 Å². The highest BCUT2D eigenvalue weighted by molar-refractivity contribution is 5.86. The lowest BCUT2D eigenvalue weighted by Gasteiger charge is -2.28. The largest absolute Gasteiger partial charge is 0.462 e. The molecule has 0 radical (unpaired) electrons. The Balaban J connectivity index is 3.94. The fourth-order valence-corrected chi connectivity index (χ4v) is 0.792. The molecule has 0 atom stereocenters. The highest BCUT2D eigenvalue weighted by atomic mass is 17.2. The van der Waals surface area contributed by atoms with Crippen LogP contribution in [0.15, 0.2) is 12.2 Å². The number of rotatable bonds is 6. The van der Waals surface area contributed by atoms with Gasteiger partial charge < -0.3 is 4.74 Å². The van der Waals surface area contributed by atoms with Crippen LogP contribution in [0, 0.1) is 0 Å². The Morgan fingerprint density at radius 2 is 1.65 bits per heavy atom. The molecule has 0 amide bonds. The van der Waals surface area contributed by atoms with Gasteiger partial charge in [0.05, 0.1) is 12.2 Å². The van der Waals surface area contributed by atoms with Crippen LogP contribution in [-0.4, -0.2) is 23.8 Å². The molecule has 0 unspecified atom stereocenters. The summed E-state index contributed by atoms with van der Waals surface area (Å²) in [5.74, 6) is -0.377. The molecule has 0 aromatic rings. The van der Waals surface area contributed by atoms with Crippen molar-refractivity contribution in [2.75, 3.05) is 6.61 Å². The molecule has 0 saturated heterocycles. The van der Waals surface area contributed by atoms with Gasteiger partial charge in [-0.3, -0.25) is 0 Å². The van der Waals surface area contributed by atoms with Crippen molar-refractivity contribution in [1.82, 2.24) is 0 Å². The molecule has 0 aliphatic heterocycles. The second kappa shape index (κ2) is 6.17. The summed E-state index contributed by atoms with van der Waals surface area (Å²) in [6.07, 6.45) is 0.558. The van der Waals surface area contributed by atoms with E-state index < -0.39 is 5.60 Å². The Kier molecular flexibility index (Phi) is 5.85. The molecule has 0 heterocycles. The third-order valence-electron chi connectivity index (χ3n) is 1.80. The number of carbonyl (C=O) groups is 1. The molecule has 0 aromatic carbocycles. The van der Waals surface area contributed by atoms with E-state index >= 15 is 0 Å². The average Bonchev–Trinajstić information content (AvgIpc) is 2.13. The zero-order valence-corrected chi connectivity index (χ0v) is 11.8. The van der Waals surface area contributed by atoms with E-state index in [2.05, 4.69) is 6.58 Å².